The average Bonchev–Trinajstić information content (AvgIpc) is 3.05. The van der Waals surface area contributed by atoms with Crippen LogP contribution in [-0.4, -0.2) is 47.0 Å². The van der Waals surface area contributed by atoms with E-state index in [1.54, 1.807) is 0 Å². The smallest absolute Gasteiger partial charge is 0.230 e. The molecule has 0 N–H and O–H groups in total. The lowest BCUT2D eigenvalue weighted by atomic mass is 9.95. The molecule has 2 aromatic heterocycles. The van der Waals surface area contributed by atoms with Gasteiger partial charge in [-0.25, -0.2) is 9.97 Å². The highest BCUT2D eigenvalue weighted by Gasteiger charge is 2.30. The number of piperazine rings is 1. The van der Waals surface area contributed by atoms with Crippen LogP contribution in [0.4, 0.5) is 5.82 Å². The van der Waals surface area contributed by atoms with Crippen molar-refractivity contribution in [3.8, 4) is 0 Å². The third kappa shape index (κ3) is 5.09. The molecule has 186 valence electrons. The predicted molar refractivity (Wildman–Crippen MR) is 145 cm³/mol. The maximum atomic E-state index is 13.4. The first-order valence-corrected chi connectivity index (χ1v) is 14.3. The third-order valence-electron chi connectivity index (χ3n) is 7.48. The number of hydrogen-bond donors (Lipinski definition) is 0. The highest BCUT2D eigenvalue weighted by molar-refractivity contribution is 7.19. The zero-order valence-corrected chi connectivity index (χ0v) is 22.2. The maximum Gasteiger partial charge on any atom is 0.230 e. The predicted octanol–water partition coefficient (Wildman–Crippen LogP) is 6.00. The summed E-state index contributed by atoms with van der Waals surface area (Å²) >= 11 is 1.90. The first-order valence-electron chi connectivity index (χ1n) is 13.4. The summed E-state index contributed by atoms with van der Waals surface area (Å²) in [6.45, 7) is 9.74. The number of carbonyl (C=O) groups is 1. The van der Waals surface area contributed by atoms with Crippen LogP contribution in [0.15, 0.2) is 30.3 Å². The Morgan fingerprint density at radius 3 is 2.46 bits per heavy atom. The van der Waals surface area contributed by atoms with Gasteiger partial charge in [-0.1, -0.05) is 57.5 Å². The van der Waals surface area contributed by atoms with Gasteiger partial charge in [-0.3, -0.25) is 4.79 Å². The van der Waals surface area contributed by atoms with Crippen molar-refractivity contribution in [2.24, 2.45) is 5.92 Å². The number of hydrogen-bond acceptors (Lipinski definition) is 5. The molecule has 3 aromatic rings. The van der Waals surface area contributed by atoms with Crippen molar-refractivity contribution in [1.29, 1.82) is 0 Å². The number of fused-ring (bicyclic) bond motifs is 3. The van der Waals surface area contributed by atoms with E-state index in [0.29, 0.717) is 5.92 Å². The summed E-state index contributed by atoms with van der Waals surface area (Å²) in [6.07, 6.45) is 7.90. The standard InChI is InChI=1S/C29H38N4OS/c1-4-22(21-11-7-5-8-12-21)29(34)33-17-15-32(16-18-33)27-26-23-13-9-6-10-14-24(23)35-28(26)31-25(30-27)19-20(2)3/h5,7-8,11-12,20,22H,4,6,9-10,13-19H2,1-3H3. The van der Waals surface area contributed by atoms with Crippen LogP contribution in [-0.2, 0) is 24.1 Å². The lowest BCUT2D eigenvalue weighted by molar-refractivity contribution is -0.133. The van der Waals surface area contributed by atoms with Crippen LogP contribution in [0.1, 0.15) is 74.2 Å². The fourth-order valence-corrected chi connectivity index (χ4v) is 6.92. The monoisotopic (exact) mass is 490 g/mol. The average molecular weight is 491 g/mol. The maximum absolute atomic E-state index is 13.4. The highest BCUT2D eigenvalue weighted by Crippen LogP contribution is 2.39. The lowest BCUT2D eigenvalue weighted by Crippen LogP contribution is -2.50. The van der Waals surface area contributed by atoms with Crippen molar-refractivity contribution in [2.75, 3.05) is 31.1 Å². The summed E-state index contributed by atoms with van der Waals surface area (Å²) in [5.74, 6) is 2.81. The van der Waals surface area contributed by atoms with Gasteiger partial charge in [-0.15, -0.1) is 11.3 Å². The van der Waals surface area contributed by atoms with Crippen LogP contribution < -0.4 is 4.90 Å². The largest absolute Gasteiger partial charge is 0.352 e. The number of aryl methyl sites for hydroxylation is 2. The fraction of sp³-hybridized carbons (Fsp3) is 0.552. The van der Waals surface area contributed by atoms with Crippen LogP contribution in [0, 0.1) is 5.92 Å². The van der Waals surface area contributed by atoms with E-state index in [1.807, 2.05) is 29.5 Å². The molecule has 0 spiro atoms. The van der Waals surface area contributed by atoms with Gasteiger partial charge in [-0.2, -0.15) is 0 Å². The molecule has 1 amide bonds. The van der Waals surface area contributed by atoms with Crippen molar-refractivity contribution in [3.05, 3.63) is 52.2 Å². The van der Waals surface area contributed by atoms with Crippen LogP contribution >= 0.6 is 11.3 Å². The Bertz CT molecular complexity index is 1160. The van der Waals surface area contributed by atoms with E-state index >= 15 is 0 Å². The second-order valence-electron chi connectivity index (χ2n) is 10.5. The summed E-state index contributed by atoms with van der Waals surface area (Å²) < 4.78 is 0. The first kappa shape index (κ1) is 24.2. The minimum absolute atomic E-state index is 0.0567. The summed E-state index contributed by atoms with van der Waals surface area (Å²) in [4.78, 5) is 30.8. The Morgan fingerprint density at radius 2 is 1.74 bits per heavy atom. The van der Waals surface area contributed by atoms with E-state index < -0.39 is 0 Å². The molecule has 1 aromatic carbocycles. The number of amides is 1. The van der Waals surface area contributed by atoms with Gasteiger partial charge in [0.1, 0.15) is 16.5 Å². The molecule has 6 heteroatoms. The van der Waals surface area contributed by atoms with E-state index in [1.165, 1.54) is 46.3 Å². The molecule has 5 nitrogen and oxygen atoms in total. The Kier molecular flexibility index (Phi) is 7.37. The molecule has 1 unspecified atom stereocenters. The topological polar surface area (TPSA) is 49.3 Å². The normalized spacial score (nSPS) is 17.5. The van der Waals surface area contributed by atoms with Gasteiger partial charge < -0.3 is 9.80 Å². The Labute approximate surface area is 213 Å². The van der Waals surface area contributed by atoms with Gasteiger partial charge in [0, 0.05) is 37.5 Å². The van der Waals surface area contributed by atoms with Crippen LogP contribution in [0.2, 0.25) is 0 Å². The van der Waals surface area contributed by atoms with E-state index in [9.17, 15) is 4.79 Å². The van der Waals surface area contributed by atoms with Crippen molar-refractivity contribution in [1.82, 2.24) is 14.9 Å². The zero-order valence-electron chi connectivity index (χ0n) is 21.4. The van der Waals surface area contributed by atoms with Gasteiger partial charge in [-0.05, 0) is 49.1 Å². The number of anilines is 1. The van der Waals surface area contributed by atoms with Crippen molar-refractivity contribution in [3.63, 3.8) is 0 Å². The summed E-state index contributed by atoms with van der Waals surface area (Å²) in [5, 5.41) is 1.30. The molecule has 1 aliphatic heterocycles. The third-order valence-corrected chi connectivity index (χ3v) is 8.67. The number of nitrogens with zero attached hydrogens (tertiary/aromatic N) is 4. The molecule has 0 bridgehead atoms. The van der Waals surface area contributed by atoms with Crippen LogP contribution in [0.5, 0.6) is 0 Å². The molecule has 5 rings (SSSR count). The summed E-state index contributed by atoms with van der Waals surface area (Å²) in [6, 6.07) is 10.2. The van der Waals surface area contributed by atoms with E-state index in [2.05, 4.69) is 42.7 Å². The van der Waals surface area contributed by atoms with Gasteiger partial charge in [0.05, 0.1) is 11.3 Å². The lowest BCUT2D eigenvalue weighted by Gasteiger charge is -2.37. The van der Waals surface area contributed by atoms with Gasteiger partial charge in [0.15, 0.2) is 0 Å². The molecule has 1 fully saturated rings. The minimum atomic E-state index is -0.0567. The molecule has 1 aliphatic carbocycles. The molecule has 2 aliphatic rings. The van der Waals surface area contributed by atoms with Gasteiger partial charge in [0.25, 0.3) is 0 Å². The highest BCUT2D eigenvalue weighted by atomic mass is 32.1. The van der Waals surface area contributed by atoms with Crippen molar-refractivity contribution < 1.29 is 4.79 Å². The number of aromatic nitrogens is 2. The van der Waals surface area contributed by atoms with Crippen molar-refractivity contribution >= 4 is 33.3 Å². The quantitative estimate of drug-likeness (QED) is 0.398. The van der Waals surface area contributed by atoms with Gasteiger partial charge in [0.2, 0.25) is 5.91 Å². The van der Waals surface area contributed by atoms with Crippen molar-refractivity contribution in [2.45, 2.75) is 71.6 Å². The number of carbonyl (C=O) groups excluding carboxylic acids is 1. The SMILES string of the molecule is CCC(C(=O)N1CCN(c2nc(CC(C)C)nc3sc4c(c23)CCCCC4)CC1)c1ccccc1. The Hall–Kier alpha value is -2.47. The molecular formula is C29H38N4OS. The van der Waals surface area contributed by atoms with Crippen LogP contribution in [0.3, 0.4) is 0 Å². The van der Waals surface area contributed by atoms with E-state index in [0.717, 1.165) is 62.6 Å². The zero-order chi connectivity index (χ0) is 24.4. The molecule has 0 saturated carbocycles. The minimum Gasteiger partial charge on any atom is -0.352 e. The fourth-order valence-electron chi connectivity index (χ4n) is 5.64. The summed E-state index contributed by atoms with van der Waals surface area (Å²) in [5.41, 5.74) is 2.63. The van der Waals surface area contributed by atoms with Crippen LogP contribution in [0.25, 0.3) is 10.2 Å². The number of thiophene rings is 1. The second kappa shape index (κ2) is 10.7. The number of rotatable bonds is 6. The Balaban J connectivity index is 1.41. The molecular weight excluding hydrogens is 452 g/mol. The van der Waals surface area contributed by atoms with E-state index in [4.69, 9.17) is 9.97 Å². The Morgan fingerprint density at radius 1 is 1.00 bits per heavy atom. The van der Waals surface area contributed by atoms with Gasteiger partial charge >= 0.3 is 0 Å². The molecule has 1 atom stereocenters. The summed E-state index contributed by atoms with van der Waals surface area (Å²) in [7, 11) is 0. The first-order chi connectivity index (χ1) is 17.0. The second-order valence-corrected chi connectivity index (χ2v) is 11.6. The molecule has 35 heavy (non-hydrogen) atoms. The van der Waals surface area contributed by atoms with E-state index in [-0.39, 0.29) is 11.8 Å². The molecule has 1 saturated heterocycles. The molecule has 3 heterocycles. The molecule has 0 radical (unpaired) electrons. The number of benzene rings is 1.